The first-order chi connectivity index (χ1) is 13.7. The van der Waals surface area contributed by atoms with Gasteiger partial charge in [0.25, 0.3) is 0 Å². The van der Waals surface area contributed by atoms with E-state index in [2.05, 4.69) is 45.4 Å². The number of rotatable bonds is 9. The normalized spacial score (nSPS) is 14.8. The van der Waals surface area contributed by atoms with E-state index >= 15 is 0 Å². The summed E-state index contributed by atoms with van der Waals surface area (Å²) in [4.78, 5) is 18.0. The fourth-order valence-corrected chi connectivity index (χ4v) is 4.26. The van der Waals surface area contributed by atoms with Gasteiger partial charge in [0, 0.05) is 60.5 Å². The zero-order valence-corrected chi connectivity index (χ0v) is 17.7. The summed E-state index contributed by atoms with van der Waals surface area (Å²) in [5, 5.41) is 3.78. The summed E-state index contributed by atoms with van der Waals surface area (Å²) in [7, 11) is 0. The Balaban J connectivity index is 1.23. The van der Waals surface area contributed by atoms with Crippen LogP contribution in [0.2, 0.25) is 5.02 Å². The van der Waals surface area contributed by atoms with Gasteiger partial charge in [0.05, 0.1) is 0 Å². The molecule has 1 amide bonds. The van der Waals surface area contributed by atoms with E-state index in [4.69, 9.17) is 11.6 Å². The number of hydrogen-bond donors (Lipinski definition) is 1. The van der Waals surface area contributed by atoms with Crippen molar-refractivity contribution in [1.82, 2.24) is 10.2 Å². The zero-order chi connectivity index (χ0) is 19.6. The number of nitrogens with zero attached hydrogens (tertiary/aromatic N) is 2. The lowest BCUT2D eigenvalue weighted by Gasteiger charge is -2.36. The predicted molar refractivity (Wildman–Crippen MR) is 120 cm³/mol. The van der Waals surface area contributed by atoms with Gasteiger partial charge in [-0.3, -0.25) is 9.69 Å². The minimum atomic E-state index is 0.135. The molecule has 1 saturated heterocycles. The highest BCUT2D eigenvalue weighted by Crippen LogP contribution is 2.20. The summed E-state index contributed by atoms with van der Waals surface area (Å²) < 4.78 is 0. The molecule has 0 aromatic heterocycles. The molecule has 3 rings (SSSR count). The smallest absolute Gasteiger partial charge is 0.220 e. The number of piperazine rings is 1. The Labute approximate surface area is 177 Å². The van der Waals surface area contributed by atoms with Crippen molar-refractivity contribution in [1.29, 1.82) is 0 Å². The number of thioether (sulfide) groups is 1. The fraction of sp³-hybridized carbons (Fsp3) is 0.409. The summed E-state index contributed by atoms with van der Waals surface area (Å²) >= 11 is 7.56. The molecule has 0 spiro atoms. The maximum absolute atomic E-state index is 12.0. The fourth-order valence-electron chi connectivity index (χ4n) is 3.28. The number of halogens is 1. The van der Waals surface area contributed by atoms with Crippen molar-refractivity contribution in [2.75, 3.05) is 49.9 Å². The van der Waals surface area contributed by atoms with Crippen molar-refractivity contribution in [3.8, 4) is 0 Å². The molecule has 4 nitrogen and oxygen atoms in total. The maximum Gasteiger partial charge on any atom is 0.220 e. The molecule has 0 saturated carbocycles. The van der Waals surface area contributed by atoms with Crippen LogP contribution in [0.5, 0.6) is 0 Å². The molecule has 0 radical (unpaired) electrons. The van der Waals surface area contributed by atoms with Crippen LogP contribution in [0.15, 0.2) is 59.5 Å². The molecule has 6 heteroatoms. The van der Waals surface area contributed by atoms with Crippen molar-refractivity contribution >= 4 is 35.0 Å². The summed E-state index contributed by atoms with van der Waals surface area (Å²) in [5.41, 5.74) is 1.31. The number of benzene rings is 2. The predicted octanol–water partition coefficient (Wildman–Crippen LogP) is 4.15. The molecular formula is C22H28ClN3OS. The molecule has 0 atom stereocenters. The Kier molecular flexibility index (Phi) is 8.52. The average Bonchev–Trinajstić information content (AvgIpc) is 2.74. The van der Waals surface area contributed by atoms with Crippen LogP contribution in [0.1, 0.15) is 12.8 Å². The van der Waals surface area contributed by atoms with Gasteiger partial charge in [-0.15, -0.1) is 11.8 Å². The van der Waals surface area contributed by atoms with Gasteiger partial charge < -0.3 is 10.2 Å². The van der Waals surface area contributed by atoms with Gasteiger partial charge in [-0.2, -0.15) is 0 Å². The Morgan fingerprint density at radius 1 is 1.00 bits per heavy atom. The minimum Gasteiger partial charge on any atom is -0.369 e. The zero-order valence-electron chi connectivity index (χ0n) is 16.1. The summed E-state index contributed by atoms with van der Waals surface area (Å²) in [6.07, 6.45) is 1.55. The van der Waals surface area contributed by atoms with Gasteiger partial charge in [0.2, 0.25) is 5.91 Å². The van der Waals surface area contributed by atoms with Crippen molar-refractivity contribution in [2.24, 2.45) is 0 Å². The summed E-state index contributed by atoms with van der Waals surface area (Å²) in [5.74, 6) is 0.921. The third-order valence-electron chi connectivity index (χ3n) is 4.88. The first-order valence-corrected chi connectivity index (χ1v) is 11.2. The SMILES string of the molecule is O=C(CCSc1ccc(Cl)cc1)NCCCN1CCN(c2ccccc2)CC1. The molecule has 150 valence electrons. The Hall–Kier alpha value is -1.69. The first-order valence-electron chi connectivity index (χ1n) is 9.88. The van der Waals surface area contributed by atoms with Gasteiger partial charge in [-0.1, -0.05) is 29.8 Å². The number of carbonyl (C=O) groups excluding carboxylic acids is 1. The molecule has 1 aliphatic heterocycles. The molecule has 1 aliphatic rings. The summed E-state index contributed by atoms with van der Waals surface area (Å²) in [6.45, 7) is 6.10. The second-order valence-corrected chi connectivity index (χ2v) is 8.52. The summed E-state index contributed by atoms with van der Waals surface area (Å²) in [6, 6.07) is 18.3. The van der Waals surface area contributed by atoms with Crippen molar-refractivity contribution in [3.05, 3.63) is 59.6 Å². The van der Waals surface area contributed by atoms with Gasteiger partial charge in [0.1, 0.15) is 0 Å². The maximum atomic E-state index is 12.0. The molecule has 2 aromatic rings. The number of nitrogens with one attached hydrogen (secondary N) is 1. The largest absolute Gasteiger partial charge is 0.369 e. The van der Waals surface area contributed by atoms with E-state index in [1.165, 1.54) is 5.69 Å². The topological polar surface area (TPSA) is 35.6 Å². The highest BCUT2D eigenvalue weighted by Gasteiger charge is 2.16. The van der Waals surface area contributed by atoms with Gasteiger partial charge in [0.15, 0.2) is 0 Å². The van der Waals surface area contributed by atoms with Gasteiger partial charge in [-0.05, 0) is 49.4 Å². The van der Waals surface area contributed by atoms with Crippen LogP contribution in [-0.4, -0.2) is 55.8 Å². The number of hydrogen-bond acceptors (Lipinski definition) is 4. The Morgan fingerprint density at radius 2 is 1.71 bits per heavy atom. The van der Waals surface area contributed by atoms with Crippen LogP contribution >= 0.6 is 23.4 Å². The minimum absolute atomic E-state index is 0.135. The lowest BCUT2D eigenvalue weighted by molar-refractivity contribution is -0.120. The lowest BCUT2D eigenvalue weighted by atomic mass is 10.2. The quantitative estimate of drug-likeness (QED) is 0.491. The Bertz CT molecular complexity index is 718. The molecule has 1 heterocycles. The number of carbonyl (C=O) groups is 1. The van der Waals surface area contributed by atoms with Crippen LogP contribution in [-0.2, 0) is 4.79 Å². The van der Waals surface area contributed by atoms with Crippen molar-refractivity contribution < 1.29 is 4.79 Å². The van der Waals surface area contributed by atoms with Gasteiger partial charge >= 0.3 is 0 Å². The number of amides is 1. The highest BCUT2D eigenvalue weighted by molar-refractivity contribution is 7.99. The molecule has 28 heavy (non-hydrogen) atoms. The highest BCUT2D eigenvalue weighted by atomic mass is 35.5. The number of anilines is 1. The van der Waals surface area contributed by atoms with Crippen molar-refractivity contribution in [2.45, 2.75) is 17.7 Å². The van der Waals surface area contributed by atoms with E-state index < -0.39 is 0 Å². The second-order valence-electron chi connectivity index (χ2n) is 6.92. The monoisotopic (exact) mass is 417 g/mol. The second kappa shape index (κ2) is 11.3. The van der Waals surface area contributed by atoms with Crippen LogP contribution in [0.25, 0.3) is 0 Å². The molecule has 1 fully saturated rings. The first kappa shape index (κ1) is 21.0. The standard InChI is InChI=1S/C22H28ClN3OS/c23-19-7-9-21(10-8-19)28-18-11-22(27)24-12-4-13-25-14-16-26(17-15-25)20-5-2-1-3-6-20/h1-3,5-10H,4,11-18H2,(H,24,27). The van der Waals surface area contributed by atoms with E-state index in [0.717, 1.165) is 61.4 Å². The van der Waals surface area contributed by atoms with Crippen LogP contribution in [0, 0.1) is 0 Å². The van der Waals surface area contributed by atoms with E-state index in [1.54, 1.807) is 11.8 Å². The molecule has 1 N–H and O–H groups in total. The Morgan fingerprint density at radius 3 is 2.43 bits per heavy atom. The van der Waals surface area contributed by atoms with Crippen LogP contribution < -0.4 is 10.2 Å². The van der Waals surface area contributed by atoms with Crippen molar-refractivity contribution in [3.63, 3.8) is 0 Å². The number of para-hydroxylation sites is 1. The lowest BCUT2D eigenvalue weighted by Crippen LogP contribution is -2.47. The molecule has 0 aliphatic carbocycles. The molecule has 0 bridgehead atoms. The third-order valence-corrected chi connectivity index (χ3v) is 6.14. The van der Waals surface area contributed by atoms with Gasteiger partial charge in [-0.25, -0.2) is 0 Å². The van der Waals surface area contributed by atoms with E-state index in [0.29, 0.717) is 6.42 Å². The molecule has 2 aromatic carbocycles. The molecular weight excluding hydrogens is 390 g/mol. The van der Waals surface area contributed by atoms with Crippen LogP contribution in [0.3, 0.4) is 0 Å². The molecule has 0 unspecified atom stereocenters. The van der Waals surface area contributed by atoms with Crippen LogP contribution in [0.4, 0.5) is 5.69 Å². The van der Waals surface area contributed by atoms with E-state index in [9.17, 15) is 4.79 Å². The van der Waals surface area contributed by atoms with E-state index in [-0.39, 0.29) is 5.91 Å². The average molecular weight is 418 g/mol. The third kappa shape index (κ3) is 7.04. The van der Waals surface area contributed by atoms with E-state index in [1.807, 2.05) is 24.3 Å².